The maximum Gasteiger partial charge on any atom is 0.0740 e. The molecule has 84 valence electrons. The topological polar surface area (TPSA) is 32.3 Å². The summed E-state index contributed by atoms with van der Waals surface area (Å²) in [4.78, 5) is 0. The van der Waals surface area contributed by atoms with E-state index in [4.69, 9.17) is 0 Å². The normalized spacial score (nSPS) is 27.2. The van der Waals surface area contributed by atoms with Crippen molar-refractivity contribution in [2.75, 3.05) is 30.3 Å². The Hall–Kier alpha value is 0.620. The van der Waals surface area contributed by atoms with Crippen molar-refractivity contribution in [3.8, 4) is 0 Å². The molecule has 0 radical (unpaired) electrons. The summed E-state index contributed by atoms with van der Waals surface area (Å²) in [6.45, 7) is 5.66. The Balaban J connectivity index is 2.08. The first-order valence-electron chi connectivity index (χ1n) is 5.26. The quantitative estimate of drug-likeness (QED) is 0.758. The van der Waals surface area contributed by atoms with Crippen molar-refractivity contribution in [3.05, 3.63) is 0 Å². The van der Waals surface area contributed by atoms with E-state index in [9.17, 15) is 5.11 Å². The van der Waals surface area contributed by atoms with Crippen LogP contribution >= 0.6 is 23.5 Å². The van der Waals surface area contributed by atoms with Crippen LogP contribution in [0.5, 0.6) is 0 Å². The molecule has 2 atom stereocenters. The van der Waals surface area contributed by atoms with Crippen molar-refractivity contribution in [1.82, 2.24) is 5.32 Å². The van der Waals surface area contributed by atoms with E-state index in [1.54, 1.807) is 0 Å². The van der Waals surface area contributed by atoms with Crippen LogP contribution in [-0.4, -0.2) is 46.3 Å². The van der Waals surface area contributed by atoms with E-state index in [1.165, 1.54) is 17.3 Å². The third kappa shape index (κ3) is 4.91. The first-order chi connectivity index (χ1) is 6.64. The molecule has 2 N–H and O–H groups in total. The Kier molecular flexibility index (Phi) is 5.67. The Morgan fingerprint density at radius 2 is 2.29 bits per heavy atom. The minimum Gasteiger partial charge on any atom is -0.389 e. The Morgan fingerprint density at radius 3 is 2.86 bits per heavy atom. The van der Waals surface area contributed by atoms with E-state index in [-0.39, 0.29) is 0 Å². The molecule has 4 heteroatoms. The second-order valence-electron chi connectivity index (χ2n) is 4.05. The van der Waals surface area contributed by atoms with Gasteiger partial charge >= 0.3 is 0 Å². The SMILES string of the molecule is CCC(C)(O)CNCC1CSCCS1. The molecule has 0 amide bonds. The highest BCUT2D eigenvalue weighted by Crippen LogP contribution is 2.23. The molecule has 14 heavy (non-hydrogen) atoms. The summed E-state index contributed by atoms with van der Waals surface area (Å²) in [7, 11) is 0. The average Bonchev–Trinajstić information content (AvgIpc) is 2.19. The molecule has 0 saturated carbocycles. The fraction of sp³-hybridized carbons (Fsp3) is 1.00. The third-order valence-corrected chi connectivity index (χ3v) is 5.37. The monoisotopic (exact) mass is 235 g/mol. The molecule has 1 rings (SSSR count). The number of rotatable bonds is 5. The number of hydrogen-bond donors (Lipinski definition) is 2. The van der Waals surface area contributed by atoms with E-state index in [0.717, 1.165) is 18.2 Å². The molecule has 0 bridgehead atoms. The molecule has 1 saturated heterocycles. The maximum absolute atomic E-state index is 9.78. The Bertz CT molecular complexity index is 158. The van der Waals surface area contributed by atoms with Gasteiger partial charge in [0.15, 0.2) is 0 Å². The molecular weight excluding hydrogens is 214 g/mol. The predicted molar refractivity (Wildman–Crippen MR) is 67.4 cm³/mol. The zero-order chi connectivity index (χ0) is 10.4. The molecule has 0 spiro atoms. The van der Waals surface area contributed by atoms with Crippen LogP contribution < -0.4 is 5.32 Å². The van der Waals surface area contributed by atoms with Gasteiger partial charge in [0.2, 0.25) is 0 Å². The van der Waals surface area contributed by atoms with Gasteiger partial charge in [0.1, 0.15) is 0 Å². The molecule has 0 aromatic heterocycles. The summed E-state index contributed by atoms with van der Waals surface area (Å²) >= 11 is 4.10. The van der Waals surface area contributed by atoms with Gasteiger partial charge in [0, 0.05) is 35.6 Å². The van der Waals surface area contributed by atoms with Crippen molar-refractivity contribution < 1.29 is 5.11 Å². The first-order valence-corrected chi connectivity index (χ1v) is 7.47. The van der Waals surface area contributed by atoms with Crippen molar-refractivity contribution in [1.29, 1.82) is 0 Å². The molecule has 2 nitrogen and oxygen atoms in total. The lowest BCUT2D eigenvalue weighted by Crippen LogP contribution is -2.40. The number of aliphatic hydroxyl groups is 1. The van der Waals surface area contributed by atoms with Crippen molar-refractivity contribution in [3.63, 3.8) is 0 Å². The lowest BCUT2D eigenvalue weighted by Gasteiger charge is -2.25. The van der Waals surface area contributed by atoms with Gasteiger partial charge in [-0.25, -0.2) is 0 Å². The first kappa shape index (κ1) is 12.7. The van der Waals surface area contributed by atoms with Crippen LogP contribution in [0.25, 0.3) is 0 Å². The molecule has 1 heterocycles. The van der Waals surface area contributed by atoms with Gasteiger partial charge < -0.3 is 10.4 Å². The molecule has 0 aromatic carbocycles. The summed E-state index contributed by atoms with van der Waals surface area (Å²) in [6, 6.07) is 0. The fourth-order valence-corrected chi connectivity index (χ4v) is 3.93. The zero-order valence-electron chi connectivity index (χ0n) is 9.08. The third-order valence-electron chi connectivity index (χ3n) is 2.52. The smallest absolute Gasteiger partial charge is 0.0740 e. The van der Waals surface area contributed by atoms with Crippen molar-refractivity contribution in [2.24, 2.45) is 0 Å². The average molecular weight is 235 g/mol. The fourth-order valence-electron chi connectivity index (χ4n) is 1.28. The number of hydrogen-bond acceptors (Lipinski definition) is 4. The highest BCUT2D eigenvalue weighted by Gasteiger charge is 2.18. The predicted octanol–water partition coefficient (Wildman–Crippen LogP) is 1.59. The minimum atomic E-state index is -0.535. The molecule has 1 fully saturated rings. The molecule has 0 aliphatic carbocycles. The van der Waals surface area contributed by atoms with Crippen LogP contribution in [-0.2, 0) is 0 Å². The molecule has 2 unspecified atom stereocenters. The van der Waals surface area contributed by atoms with E-state index in [0.29, 0.717) is 6.54 Å². The van der Waals surface area contributed by atoms with E-state index in [1.807, 2.05) is 25.6 Å². The minimum absolute atomic E-state index is 0.535. The van der Waals surface area contributed by atoms with E-state index >= 15 is 0 Å². The van der Waals surface area contributed by atoms with Crippen LogP contribution in [0.2, 0.25) is 0 Å². The van der Waals surface area contributed by atoms with E-state index in [2.05, 4.69) is 17.1 Å². The van der Waals surface area contributed by atoms with Crippen LogP contribution in [0.4, 0.5) is 0 Å². The summed E-state index contributed by atoms with van der Waals surface area (Å²) in [6.07, 6.45) is 0.812. The number of thioether (sulfide) groups is 2. The second-order valence-corrected chi connectivity index (χ2v) is 6.61. The lowest BCUT2D eigenvalue weighted by atomic mass is 10.0. The summed E-state index contributed by atoms with van der Waals surface area (Å²) in [5.74, 6) is 3.83. The Morgan fingerprint density at radius 1 is 1.50 bits per heavy atom. The lowest BCUT2D eigenvalue weighted by molar-refractivity contribution is 0.0562. The summed E-state index contributed by atoms with van der Waals surface area (Å²) in [5.41, 5.74) is -0.535. The van der Waals surface area contributed by atoms with Gasteiger partial charge in [-0.2, -0.15) is 23.5 Å². The van der Waals surface area contributed by atoms with Crippen molar-refractivity contribution in [2.45, 2.75) is 31.1 Å². The van der Waals surface area contributed by atoms with Gasteiger partial charge in [0.05, 0.1) is 5.60 Å². The molecule has 0 aromatic rings. The van der Waals surface area contributed by atoms with Crippen molar-refractivity contribution >= 4 is 23.5 Å². The second kappa shape index (κ2) is 6.26. The molecule has 1 aliphatic rings. The van der Waals surface area contributed by atoms with Gasteiger partial charge in [-0.3, -0.25) is 0 Å². The van der Waals surface area contributed by atoms with Crippen LogP contribution in [0, 0.1) is 0 Å². The maximum atomic E-state index is 9.78. The van der Waals surface area contributed by atoms with E-state index < -0.39 is 5.60 Å². The summed E-state index contributed by atoms with van der Waals surface area (Å²) < 4.78 is 0. The standard InChI is InChI=1S/C10H21NOS2/c1-3-10(2,12)8-11-6-9-7-13-4-5-14-9/h9,11-12H,3-8H2,1-2H3. The van der Waals surface area contributed by atoms with Gasteiger partial charge in [-0.15, -0.1) is 0 Å². The summed E-state index contributed by atoms with van der Waals surface area (Å²) in [5, 5.41) is 13.9. The van der Waals surface area contributed by atoms with Gasteiger partial charge in [-0.1, -0.05) is 6.92 Å². The Labute approximate surface area is 95.6 Å². The highest BCUT2D eigenvalue weighted by atomic mass is 32.2. The molecular formula is C10H21NOS2. The van der Waals surface area contributed by atoms with Crippen LogP contribution in [0.1, 0.15) is 20.3 Å². The zero-order valence-corrected chi connectivity index (χ0v) is 10.7. The van der Waals surface area contributed by atoms with Gasteiger partial charge in [0.25, 0.3) is 0 Å². The highest BCUT2D eigenvalue weighted by molar-refractivity contribution is 8.06. The van der Waals surface area contributed by atoms with Crippen LogP contribution in [0.15, 0.2) is 0 Å². The largest absolute Gasteiger partial charge is 0.389 e. The van der Waals surface area contributed by atoms with Gasteiger partial charge in [-0.05, 0) is 13.3 Å². The number of nitrogens with one attached hydrogen (secondary N) is 1. The molecule has 1 aliphatic heterocycles. The van der Waals surface area contributed by atoms with Crippen LogP contribution in [0.3, 0.4) is 0 Å².